The molecule has 1 aliphatic rings. The van der Waals surface area contributed by atoms with E-state index in [0.29, 0.717) is 33.9 Å². The summed E-state index contributed by atoms with van der Waals surface area (Å²) in [6.45, 7) is 2.70. The highest BCUT2D eigenvalue weighted by Crippen LogP contribution is 2.29. The minimum absolute atomic E-state index is 0.121. The number of hydrogen-bond donors (Lipinski definition) is 1. The number of furan rings is 1. The van der Waals surface area contributed by atoms with E-state index >= 15 is 0 Å². The van der Waals surface area contributed by atoms with Gasteiger partial charge in [-0.3, -0.25) is 9.69 Å². The third kappa shape index (κ3) is 3.37. The first-order chi connectivity index (χ1) is 11.6. The van der Waals surface area contributed by atoms with E-state index in [9.17, 15) is 4.79 Å². The molecule has 0 atom stereocenters. The van der Waals surface area contributed by atoms with Crippen LogP contribution in [0, 0.1) is 0 Å². The molecular weight excluding hydrogens is 344 g/mol. The van der Waals surface area contributed by atoms with E-state index in [0.717, 1.165) is 18.4 Å². The summed E-state index contributed by atoms with van der Waals surface area (Å²) in [5.74, 6) is 1.10. The van der Waals surface area contributed by atoms with E-state index in [1.165, 1.54) is 0 Å². The molecule has 0 unspecified atom stereocenters. The fourth-order valence-electron chi connectivity index (χ4n) is 2.47. The van der Waals surface area contributed by atoms with Crippen molar-refractivity contribution in [3.05, 3.63) is 52.9 Å². The number of amides is 1. The third-order valence-corrected chi connectivity index (χ3v) is 4.40. The quantitative estimate of drug-likeness (QED) is 0.631. The van der Waals surface area contributed by atoms with Crippen molar-refractivity contribution in [3.8, 4) is 11.3 Å². The Morgan fingerprint density at radius 1 is 1.29 bits per heavy atom. The predicted molar refractivity (Wildman–Crippen MR) is 99.5 cm³/mol. The Morgan fingerprint density at radius 2 is 2.08 bits per heavy atom. The van der Waals surface area contributed by atoms with Crippen molar-refractivity contribution in [3.63, 3.8) is 0 Å². The van der Waals surface area contributed by atoms with Gasteiger partial charge in [0.1, 0.15) is 17.2 Å². The number of rotatable bonds is 5. The third-order valence-electron chi connectivity index (χ3n) is 3.75. The summed E-state index contributed by atoms with van der Waals surface area (Å²) < 4.78 is 5.80. The molecule has 0 aliphatic carbocycles. The maximum absolute atomic E-state index is 12.4. The molecule has 0 saturated carbocycles. The molecule has 1 amide bonds. The van der Waals surface area contributed by atoms with Gasteiger partial charge < -0.3 is 9.73 Å². The number of nitrogens with one attached hydrogen (secondary N) is 1. The zero-order chi connectivity index (χ0) is 17.1. The van der Waals surface area contributed by atoms with Crippen LogP contribution in [0.4, 0.5) is 0 Å². The van der Waals surface area contributed by atoms with E-state index in [4.69, 9.17) is 28.2 Å². The summed E-state index contributed by atoms with van der Waals surface area (Å²) in [4.78, 5) is 14.0. The molecule has 124 valence electrons. The number of halogens is 1. The van der Waals surface area contributed by atoms with Gasteiger partial charge in [-0.2, -0.15) is 0 Å². The fraction of sp³-hybridized carbons (Fsp3) is 0.222. The predicted octanol–water partition coefficient (Wildman–Crippen LogP) is 4.46. The zero-order valence-electron chi connectivity index (χ0n) is 13.2. The van der Waals surface area contributed by atoms with Crippen molar-refractivity contribution in [1.29, 1.82) is 0 Å². The lowest BCUT2D eigenvalue weighted by molar-refractivity contribution is -0.122. The topological polar surface area (TPSA) is 45.5 Å². The first-order valence-corrected chi connectivity index (χ1v) is 8.58. The molecule has 1 saturated heterocycles. The molecule has 0 bridgehead atoms. The second-order valence-corrected chi connectivity index (χ2v) is 6.27. The van der Waals surface area contributed by atoms with Gasteiger partial charge >= 0.3 is 0 Å². The minimum atomic E-state index is -0.121. The number of carbonyl (C=O) groups is 1. The lowest BCUT2D eigenvalue weighted by Gasteiger charge is -2.12. The van der Waals surface area contributed by atoms with Gasteiger partial charge in [-0.1, -0.05) is 37.1 Å². The molecule has 0 spiro atoms. The molecule has 4 nitrogen and oxygen atoms in total. The Morgan fingerprint density at radius 3 is 2.83 bits per heavy atom. The molecule has 24 heavy (non-hydrogen) atoms. The SMILES string of the molecule is CCCCN1C(=O)/C(=C\c2ccc(-c3ccccc3Cl)o2)NC1=S. The van der Waals surface area contributed by atoms with Crippen LogP contribution >= 0.6 is 23.8 Å². The van der Waals surface area contributed by atoms with Crippen LogP contribution in [0.5, 0.6) is 0 Å². The highest BCUT2D eigenvalue weighted by molar-refractivity contribution is 7.80. The number of unbranched alkanes of at least 4 members (excludes halogenated alkanes) is 1. The Labute approximate surface area is 151 Å². The monoisotopic (exact) mass is 360 g/mol. The summed E-state index contributed by atoms with van der Waals surface area (Å²) in [5, 5.41) is 4.02. The van der Waals surface area contributed by atoms with E-state index in [2.05, 4.69) is 12.2 Å². The van der Waals surface area contributed by atoms with Crippen LogP contribution in [0.3, 0.4) is 0 Å². The molecule has 1 aliphatic heterocycles. The minimum Gasteiger partial charge on any atom is -0.457 e. The van der Waals surface area contributed by atoms with Crippen molar-refractivity contribution in [2.45, 2.75) is 19.8 Å². The van der Waals surface area contributed by atoms with Crippen LogP contribution in [0.15, 0.2) is 46.5 Å². The van der Waals surface area contributed by atoms with E-state index in [1.54, 1.807) is 17.0 Å². The summed E-state index contributed by atoms with van der Waals surface area (Å²) in [7, 11) is 0. The van der Waals surface area contributed by atoms with Crippen molar-refractivity contribution >= 4 is 40.9 Å². The van der Waals surface area contributed by atoms with Crippen LogP contribution < -0.4 is 5.32 Å². The highest BCUT2D eigenvalue weighted by Gasteiger charge is 2.30. The summed E-state index contributed by atoms with van der Waals surface area (Å²) >= 11 is 11.4. The van der Waals surface area contributed by atoms with Gasteiger partial charge in [-0.25, -0.2) is 0 Å². The largest absolute Gasteiger partial charge is 0.457 e. The molecule has 6 heteroatoms. The Hall–Kier alpha value is -2.11. The molecule has 1 aromatic carbocycles. The van der Waals surface area contributed by atoms with Crippen LogP contribution in [0.25, 0.3) is 17.4 Å². The Balaban J connectivity index is 1.82. The normalized spacial score (nSPS) is 16.1. The summed E-state index contributed by atoms with van der Waals surface area (Å²) in [6, 6.07) is 11.1. The lowest BCUT2D eigenvalue weighted by atomic mass is 10.2. The van der Waals surface area contributed by atoms with Crippen LogP contribution in [0.2, 0.25) is 5.02 Å². The molecule has 0 radical (unpaired) electrons. The summed E-state index contributed by atoms with van der Waals surface area (Å²) in [5.41, 5.74) is 1.24. The van der Waals surface area contributed by atoms with E-state index in [-0.39, 0.29) is 5.91 Å². The van der Waals surface area contributed by atoms with Crippen LogP contribution in [0.1, 0.15) is 25.5 Å². The van der Waals surface area contributed by atoms with E-state index < -0.39 is 0 Å². The number of hydrogen-bond acceptors (Lipinski definition) is 3. The second kappa shape index (κ2) is 7.20. The molecule has 3 rings (SSSR count). The maximum atomic E-state index is 12.4. The molecule has 1 aromatic heterocycles. The first-order valence-electron chi connectivity index (χ1n) is 7.79. The van der Waals surface area contributed by atoms with Crippen LogP contribution in [-0.2, 0) is 4.79 Å². The van der Waals surface area contributed by atoms with Crippen molar-refractivity contribution in [2.75, 3.05) is 6.54 Å². The van der Waals surface area contributed by atoms with Gasteiger partial charge in [0, 0.05) is 18.2 Å². The average molecular weight is 361 g/mol. The Bertz CT molecular complexity index is 813. The highest BCUT2D eigenvalue weighted by atomic mass is 35.5. The number of carbonyl (C=O) groups excluding carboxylic acids is 1. The van der Waals surface area contributed by atoms with Crippen molar-refractivity contribution < 1.29 is 9.21 Å². The van der Waals surface area contributed by atoms with Gasteiger partial charge in [0.15, 0.2) is 5.11 Å². The fourth-order valence-corrected chi connectivity index (χ4v) is 2.98. The number of thiocarbonyl (C=S) groups is 1. The summed E-state index contributed by atoms with van der Waals surface area (Å²) in [6.07, 6.45) is 3.59. The standard InChI is InChI=1S/C18H17ClN2O2S/c1-2-3-10-21-17(22)15(20-18(21)24)11-12-8-9-16(23-12)13-6-4-5-7-14(13)19/h4-9,11H,2-3,10H2,1H3,(H,20,24)/b15-11+. The van der Waals surface area contributed by atoms with Crippen molar-refractivity contribution in [1.82, 2.24) is 10.2 Å². The molecule has 2 heterocycles. The van der Waals surface area contributed by atoms with Crippen molar-refractivity contribution in [2.24, 2.45) is 0 Å². The number of nitrogens with zero attached hydrogens (tertiary/aromatic N) is 1. The van der Waals surface area contributed by atoms with Gasteiger partial charge in [-0.15, -0.1) is 0 Å². The lowest BCUT2D eigenvalue weighted by Crippen LogP contribution is -2.31. The molecule has 1 N–H and O–H groups in total. The number of benzene rings is 1. The molecule has 2 aromatic rings. The van der Waals surface area contributed by atoms with Crippen LogP contribution in [-0.4, -0.2) is 22.5 Å². The van der Waals surface area contributed by atoms with Gasteiger partial charge in [-0.05, 0) is 42.9 Å². The van der Waals surface area contributed by atoms with Gasteiger partial charge in [0.2, 0.25) is 0 Å². The Kier molecular flexibility index (Phi) is 5.02. The molecular formula is C18H17ClN2O2S. The zero-order valence-corrected chi connectivity index (χ0v) is 14.8. The van der Waals surface area contributed by atoms with E-state index in [1.807, 2.05) is 30.3 Å². The van der Waals surface area contributed by atoms with Gasteiger partial charge in [0.05, 0.1) is 5.02 Å². The maximum Gasteiger partial charge on any atom is 0.276 e. The average Bonchev–Trinajstić information content (AvgIpc) is 3.12. The van der Waals surface area contributed by atoms with Gasteiger partial charge in [0.25, 0.3) is 5.91 Å². The first kappa shape index (κ1) is 16.7. The smallest absolute Gasteiger partial charge is 0.276 e. The molecule has 1 fully saturated rings. The second-order valence-electron chi connectivity index (χ2n) is 5.48.